The van der Waals surface area contributed by atoms with Gasteiger partial charge in [0.25, 0.3) is 10.9 Å². The fourth-order valence-electron chi connectivity index (χ4n) is 7.56. The minimum atomic E-state index is -0.540. The largest absolute Gasteiger partial charge is 0.377 e. The van der Waals surface area contributed by atoms with E-state index in [9.17, 15) is 9.59 Å². The molecule has 2 aliphatic rings. The SMILES string of the molecule is Cc1ccc(C)n1[C@H]1CCCC[C@@H]1Nc1c(N[C@H](C)C2CCCC2P(c2ccccc2)c2ccccc2)c(=O)c1=O. The Morgan fingerprint density at radius 3 is 1.95 bits per heavy atom. The monoisotopic (exact) mass is 567 g/mol. The fourth-order valence-corrected chi connectivity index (χ4v) is 10.8. The predicted octanol–water partition coefficient (Wildman–Crippen LogP) is 6.40. The molecule has 0 radical (unpaired) electrons. The first-order chi connectivity index (χ1) is 19.9. The van der Waals surface area contributed by atoms with Crippen molar-refractivity contribution in [3.8, 4) is 0 Å². The molecule has 214 valence electrons. The second-order valence-electron chi connectivity index (χ2n) is 12.1. The third kappa shape index (κ3) is 5.42. The summed E-state index contributed by atoms with van der Waals surface area (Å²) in [6.07, 6.45) is 7.90. The van der Waals surface area contributed by atoms with Crippen LogP contribution in [0.2, 0.25) is 0 Å². The van der Waals surface area contributed by atoms with Gasteiger partial charge in [-0.3, -0.25) is 9.59 Å². The van der Waals surface area contributed by atoms with Crippen molar-refractivity contribution in [2.24, 2.45) is 5.92 Å². The van der Waals surface area contributed by atoms with Crippen LogP contribution in [0.1, 0.15) is 69.3 Å². The summed E-state index contributed by atoms with van der Waals surface area (Å²) >= 11 is 0. The number of nitrogens with zero attached hydrogens (tertiary/aromatic N) is 1. The minimum absolute atomic E-state index is 0.0971. The molecule has 2 saturated carbocycles. The summed E-state index contributed by atoms with van der Waals surface area (Å²) in [5.74, 6) is 0.423. The van der Waals surface area contributed by atoms with E-state index < -0.39 is 7.92 Å². The highest BCUT2D eigenvalue weighted by Crippen LogP contribution is 2.51. The Morgan fingerprint density at radius 1 is 0.732 bits per heavy atom. The number of hydrogen-bond acceptors (Lipinski definition) is 4. The predicted molar refractivity (Wildman–Crippen MR) is 173 cm³/mol. The molecule has 5 nitrogen and oxygen atoms in total. The Bertz CT molecular complexity index is 1480. The van der Waals surface area contributed by atoms with Crippen LogP contribution in [0, 0.1) is 19.8 Å². The van der Waals surface area contributed by atoms with Gasteiger partial charge < -0.3 is 15.2 Å². The first-order valence-corrected chi connectivity index (χ1v) is 16.7. The maximum absolute atomic E-state index is 12.9. The van der Waals surface area contributed by atoms with Gasteiger partial charge >= 0.3 is 0 Å². The van der Waals surface area contributed by atoms with Crippen molar-refractivity contribution in [3.63, 3.8) is 0 Å². The second kappa shape index (κ2) is 12.0. The number of benzene rings is 2. The van der Waals surface area contributed by atoms with Crippen LogP contribution in [0.4, 0.5) is 11.4 Å². The maximum Gasteiger partial charge on any atom is 0.253 e. The van der Waals surface area contributed by atoms with E-state index in [1.165, 1.54) is 41.3 Å². The zero-order chi connectivity index (χ0) is 28.5. The highest BCUT2D eigenvalue weighted by atomic mass is 31.1. The van der Waals surface area contributed by atoms with E-state index in [-0.39, 0.29) is 29.0 Å². The molecular weight excluding hydrogens is 525 g/mol. The van der Waals surface area contributed by atoms with E-state index in [1.54, 1.807) is 0 Å². The summed E-state index contributed by atoms with van der Waals surface area (Å²) < 4.78 is 2.41. The Balaban J connectivity index is 1.24. The number of aryl methyl sites for hydroxylation is 2. The minimum Gasteiger partial charge on any atom is -0.377 e. The molecule has 0 amide bonds. The number of hydrogen-bond donors (Lipinski definition) is 2. The molecule has 2 N–H and O–H groups in total. The molecule has 3 aromatic carbocycles. The topological polar surface area (TPSA) is 63.1 Å². The van der Waals surface area contributed by atoms with Crippen molar-refractivity contribution in [1.82, 2.24) is 4.57 Å². The molecule has 6 heteroatoms. The molecule has 0 bridgehead atoms. The van der Waals surface area contributed by atoms with Crippen LogP contribution in [0.3, 0.4) is 0 Å². The lowest BCUT2D eigenvalue weighted by molar-refractivity contribution is 0.315. The highest BCUT2D eigenvalue weighted by Gasteiger charge is 2.39. The van der Waals surface area contributed by atoms with Crippen LogP contribution in [0.5, 0.6) is 0 Å². The lowest BCUT2D eigenvalue weighted by Crippen LogP contribution is -2.45. The van der Waals surface area contributed by atoms with Gasteiger partial charge in [-0.2, -0.15) is 0 Å². The summed E-state index contributed by atoms with van der Waals surface area (Å²) in [4.78, 5) is 25.8. The Labute approximate surface area is 244 Å². The molecule has 4 aromatic rings. The van der Waals surface area contributed by atoms with Gasteiger partial charge in [-0.1, -0.05) is 79.9 Å². The summed E-state index contributed by atoms with van der Waals surface area (Å²) in [5.41, 5.74) is 3.28. The van der Waals surface area contributed by atoms with Crippen molar-refractivity contribution >= 4 is 29.9 Å². The van der Waals surface area contributed by atoms with Gasteiger partial charge in [0.1, 0.15) is 11.4 Å². The quantitative estimate of drug-likeness (QED) is 0.182. The van der Waals surface area contributed by atoms with Gasteiger partial charge in [-0.15, -0.1) is 0 Å². The van der Waals surface area contributed by atoms with Crippen LogP contribution < -0.4 is 32.1 Å². The molecule has 0 spiro atoms. The van der Waals surface area contributed by atoms with Gasteiger partial charge in [0.05, 0.1) is 6.04 Å². The van der Waals surface area contributed by atoms with Crippen LogP contribution in [-0.4, -0.2) is 22.3 Å². The van der Waals surface area contributed by atoms with E-state index >= 15 is 0 Å². The van der Waals surface area contributed by atoms with Gasteiger partial charge in [-0.25, -0.2) is 0 Å². The molecule has 2 fully saturated rings. The van der Waals surface area contributed by atoms with Crippen LogP contribution >= 0.6 is 7.92 Å². The lowest BCUT2D eigenvalue weighted by Gasteiger charge is -2.37. The molecule has 0 saturated heterocycles. The Morgan fingerprint density at radius 2 is 1.32 bits per heavy atom. The van der Waals surface area contributed by atoms with Gasteiger partial charge in [0, 0.05) is 23.5 Å². The summed E-state index contributed by atoms with van der Waals surface area (Å²) in [6, 6.07) is 26.7. The van der Waals surface area contributed by atoms with E-state index in [1.807, 2.05) is 0 Å². The molecule has 5 atom stereocenters. The summed E-state index contributed by atoms with van der Waals surface area (Å²) in [6.45, 7) is 6.52. The number of rotatable bonds is 9. The molecular formula is C35H42N3O2P. The zero-order valence-electron chi connectivity index (χ0n) is 24.5. The smallest absolute Gasteiger partial charge is 0.253 e. The Hall–Kier alpha value is -3.17. The molecule has 1 heterocycles. The highest BCUT2D eigenvalue weighted by molar-refractivity contribution is 7.73. The maximum atomic E-state index is 12.9. The normalized spacial score (nSPS) is 23.6. The molecule has 41 heavy (non-hydrogen) atoms. The third-order valence-corrected chi connectivity index (χ3v) is 12.6. The van der Waals surface area contributed by atoms with Crippen molar-refractivity contribution in [3.05, 3.63) is 105 Å². The van der Waals surface area contributed by atoms with Crippen molar-refractivity contribution in [1.29, 1.82) is 0 Å². The van der Waals surface area contributed by atoms with Gasteiger partial charge in [-0.05, 0) is 88.7 Å². The number of aromatic nitrogens is 1. The standard InChI is InChI=1S/C35H42N3O2P/c1-23-21-22-24(2)38(23)30-19-11-10-18-29(30)37-33-32(34(39)35(33)40)36-25(3)28-17-12-20-31(28)41(26-13-6-4-7-14-26)27-15-8-5-9-16-27/h4-9,13-16,21-22,25,28-31,36-37H,10-12,17-20H2,1-3H3/t25-,28?,29+,30+,31?/m1/s1. The summed E-state index contributed by atoms with van der Waals surface area (Å²) in [5, 5.41) is 10.00. The van der Waals surface area contributed by atoms with Crippen LogP contribution in [0.25, 0.3) is 0 Å². The molecule has 6 rings (SSSR count). The van der Waals surface area contributed by atoms with E-state index in [2.05, 4.69) is 109 Å². The third-order valence-electron chi connectivity index (χ3n) is 9.57. The summed E-state index contributed by atoms with van der Waals surface area (Å²) in [7, 11) is -0.540. The molecule has 2 unspecified atom stereocenters. The molecule has 0 aliphatic heterocycles. The van der Waals surface area contributed by atoms with E-state index in [0.29, 0.717) is 23.0 Å². The van der Waals surface area contributed by atoms with Gasteiger partial charge in [0.15, 0.2) is 0 Å². The molecule has 2 aliphatic carbocycles. The zero-order valence-corrected chi connectivity index (χ0v) is 25.4. The second-order valence-corrected chi connectivity index (χ2v) is 14.6. The van der Waals surface area contributed by atoms with E-state index in [0.717, 1.165) is 25.7 Å². The lowest BCUT2D eigenvalue weighted by atomic mass is 9.89. The van der Waals surface area contributed by atoms with Crippen molar-refractivity contribution in [2.45, 2.75) is 89.5 Å². The Kier molecular flexibility index (Phi) is 8.17. The van der Waals surface area contributed by atoms with E-state index in [4.69, 9.17) is 0 Å². The average molecular weight is 568 g/mol. The van der Waals surface area contributed by atoms with Crippen molar-refractivity contribution in [2.75, 3.05) is 10.6 Å². The van der Waals surface area contributed by atoms with Crippen LogP contribution in [-0.2, 0) is 0 Å². The van der Waals surface area contributed by atoms with Crippen LogP contribution in [0.15, 0.2) is 82.4 Å². The first-order valence-electron chi connectivity index (χ1n) is 15.3. The molecule has 1 aromatic heterocycles. The average Bonchev–Trinajstić information content (AvgIpc) is 3.62. The van der Waals surface area contributed by atoms with Gasteiger partial charge in [0.2, 0.25) is 0 Å². The van der Waals surface area contributed by atoms with Crippen molar-refractivity contribution < 1.29 is 0 Å². The fraction of sp³-hybridized carbons (Fsp3) is 0.429. The number of nitrogens with one attached hydrogen (secondary N) is 2. The first kappa shape index (κ1) is 28.0. The number of anilines is 2.